The van der Waals surface area contributed by atoms with Gasteiger partial charge in [-0.25, -0.2) is 0 Å². The van der Waals surface area contributed by atoms with Gasteiger partial charge in [-0.15, -0.1) is 0 Å². The molecule has 0 radical (unpaired) electrons. The van der Waals surface area contributed by atoms with Gasteiger partial charge in [-0.3, -0.25) is 9.59 Å². The molecule has 0 aliphatic carbocycles. The van der Waals surface area contributed by atoms with Crippen LogP contribution >= 0.6 is 0 Å². The number of unbranched alkanes of at least 4 members (excludes halogenated alkanes) is 1. The van der Waals surface area contributed by atoms with Crippen LogP contribution in [0.2, 0.25) is 0 Å². The fourth-order valence-corrected chi connectivity index (χ4v) is 2.56. The van der Waals surface area contributed by atoms with Crippen molar-refractivity contribution in [2.24, 2.45) is 0 Å². The number of piperidine rings is 1. The molecule has 1 aromatic rings. The zero-order valence-electron chi connectivity index (χ0n) is 12.7. The lowest BCUT2D eigenvalue weighted by Gasteiger charge is -2.25. The van der Waals surface area contributed by atoms with E-state index in [1.54, 1.807) is 4.90 Å². The smallest absolute Gasteiger partial charge is 0.313 e. The van der Waals surface area contributed by atoms with Crippen LogP contribution in [0.4, 0.5) is 5.69 Å². The maximum Gasteiger partial charge on any atom is 0.313 e. The van der Waals surface area contributed by atoms with Crippen molar-refractivity contribution in [1.29, 1.82) is 0 Å². The Kier molecular flexibility index (Phi) is 5.78. The first-order chi connectivity index (χ1) is 10.2. The lowest BCUT2D eigenvalue weighted by atomic mass is 10.1. The van der Waals surface area contributed by atoms with Crippen LogP contribution in [0.5, 0.6) is 0 Å². The Hall–Kier alpha value is -1.84. The van der Waals surface area contributed by atoms with E-state index in [1.807, 2.05) is 24.3 Å². The second-order valence-electron chi connectivity index (χ2n) is 5.61. The van der Waals surface area contributed by atoms with Crippen LogP contribution in [-0.4, -0.2) is 29.8 Å². The first-order valence-corrected chi connectivity index (χ1v) is 7.90. The third-order valence-electron chi connectivity index (χ3n) is 3.87. The minimum Gasteiger partial charge on any atom is -0.334 e. The average molecular weight is 288 g/mol. The van der Waals surface area contributed by atoms with Gasteiger partial charge in [0.15, 0.2) is 0 Å². The number of hydrogen-bond donors (Lipinski definition) is 1. The molecule has 0 bridgehead atoms. The molecule has 1 heterocycles. The summed E-state index contributed by atoms with van der Waals surface area (Å²) in [6.07, 6.45) is 6.51. The summed E-state index contributed by atoms with van der Waals surface area (Å²) in [5.41, 5.74) is 1.95. The van der Waals surface area contributed by atoms with Crippen LogP contribution < -0.4 is 5.32 Å². The first-order valence-electron chi connectivity index (χ1n) is 7.90. The van der Waals surface area contributed by atoms with E-state index in [0.29, 0.717) is 18.8 Å². The molecule has 1 aromatic carbocycles. The quantitative estimate of drug-likeness (QED) is 0.866. The number of nitrogens with one attached hydrogen (secondary N) is 1. The van der Waals surface area contributed by atoms with Gasteiger partial charge in [0, 0.05) is 18.8 Å². The Morgan fingerprint density at radius 3 is 2.38 bits per heavy atom. The summed E-state index contributed by atoms with van der Waals surface area (Å²) in [7, 11) is 0. The summed E-state index contributed by atoms with van der Waals surface area (Å²) in [5.74, 6) is -0.942. The largest absolute Gasteiger partial charge is 0.334 e. The number of rotatable bonds is 4. The molecule has 2 rings (SSSR count). The van der Waals surface area contributed by atoms with Crippen LogP contribution in [0.25, 0.3) is 0 Å². The topological polar surface area (TPSA) is 49.4 Å². The Labute approximate surface area is 126 Å². The predicted octanol–water partition coefficient (Wildman–Crippen LogP) is 2.98. The van der Waals surface area contributed by atoms with E-state index in [-0.39, 0.29) is 0 Å². The number of carbonyl (C=O) groups is 2. The second kappa shape index (κ2) is 7.81. The molecule has 114 valence electrons. The van der Waals surface area contributed by atoms with Crippen LogP contribution in [0.1, 0.15) is 44.6 Å². The molecule has 21 heavy (non-hydrogen) atoms. The Morgan fingerprint density at radius 1 is 1.10 bits per heavy atom. The number of amides is 2. The van der Waals surface area contributed by atoms with E-state index in [9.17, 15) is 9.59 Å². The Balaban J connectivity index is 1.88. The summed E-state index contributed by atoms with van der Waals surface area (Å²) in [4.78, 5) is 25.6. The third-order valence-corrected chi connectivity index (χ3v) is 3.87. The van der Waals surface area contributed by atoms with Gasteiger partial charge in [0.1, 0.15) is 0 Å². The van der Waals surface area contributed by atoms with E-state index in [1.165, 1.54) is 18.4 Å². The highest BCUT2D eigenvalue weighted by atomic mass is 16.2. The van der Waals surface area contributed by atoms with Crippen molar-refractivity contribution in [2.75, 3.05) is 18.4 Å². The number of anilines is 1. The zero-order chi connectivity index (χ0) is 15.1. The number of likely N-dealkylation sites (tertiary alicyclic amines) is 1. The number of nitrogens with zero attached hydrogens (tertiary/aromatic N) is 1. The van der Waals surface area contributed by atoms with Crippen molar-refractivity contribution < 1.29 is 9.59 Å². The molecule has 1 fully saturated rings. The van der Waals surface area contributed by atoms with Crippen molar-refractivity contribution in [3.63, 3.8) is 0 Å². The lowest BCUT2D eigenvalue weighted by molar-refractivity contribution is -0.143. The number of aryl methyl sites for hydroxylation is 1. The van der Waals surface area contributed by atoms with Gasteiger partial charge in [0.25, 0.3) is 0 Å². The van der Waals surface area contributed by atoms with E-state index in [4.69, 9.17) is 0 Å². The Morgan fingerprint density at radius 2 is 1.76 bits per heavy atom. The summed E-state index contributed by atoms with van der Waals surface area (Å²) < 4.78 is 0. The van der Waals surface area contributed by atoms with Gasteiger partial charge in [-0.2, -0.15) is 0 Å². The molecular formula is C17H24N2O2. The highest BCUT2D eigenvalue weighted by molar-refractivity contribution is 6.39. The van der Waals surface area contributed by atoms with Gasteiger partial charge in [0.2, 0.25) is 0 Å². The van der Waals surface area contributed by atoms with E-state index >= 15 is 0 Å². The molecular weight excluding hydrogens is 264 g/mol. The van der Waals surface area contributed by atoms with E-state index in [0.717, 1.165) is 25.7 Å². The van der Waals surface area contributed by atoms with Crippen molar-refractivity contribution in [2.45, 2.75) is 45.4 Å². The number of hydrogen-bond acceptors (Lipinski definition) is 2. The highest BCUT2D eigenvalue weighted by Gasteiger charge is 2.23. The molecule has 1 aliphatic rings. The average Bonchev–Trinajstić information content (AvgIpc) is 2.54. The molecule has 1 N–H and O–H groups in total. The van der Waals surface area contributed by atoms with Gasteiger partial charge in [0.05, 0.1) is 0 Å². The summed E-state index contributed by atoms with van der Waals surface area (Å²) in [6.45, 7) is 3.56. The third kappa shape index (κ3) is 4.59. The summed E-state index contributed by atoms with van der Waals surface area (Å²) in [6, 6.07) is 7.76. The fraction of sp³-hybridized carbons (Fsp3) is 0.529. The molecule has 1 aliphatic heterocycles. The summed E-state index contributed by atoms with van der Waals surface area (Å²) >= 11 is 0. The normalized spacial score (nSPS) is 14.8. The fourth-order valence-electron chi connectivity index (χ4n) is 2.56. The number of carbonyl (C=O) groups excluding carboxylic acids is 2. The molecule has 0 saturated carbocycles. The number of benzene rings is 1. The van der Waals surface area contributed by atoms with Crippen LogP contribution in [0.15, 0.2) is 24.3 Å². The first kappa shape index (κ1) is 15.5. The lowest BCUT2D eigenvalue weighted by Crippen LogP contribution is -2.42. The monoisotopic (exact) mass is 288 g/mol. The van der Waals surface area contributed by atoms with Gasteiger partial charge < -0.3 is 10.2 Å². The highest BCUT2D eigenvalue weighted by Crippen LogP contribution is 2.13. The zero-order valence-corrected chi connectivity index (χ0v) is 12.7. The molecule has 0 unspecified atom stereocenters. The maximum absolute atomic E-state index is 12.0. The molecule has 1 saturated heterocycles. The van der Waals surface area contributed by atoms with Crippen LogP contribution in [-0.2, 0) is 16.0 Å². The standard InChI is InChI=1S/C17H24N2O2/c1-2-3-7-14-8-10-15(11-9-14)18-16(20)17(21)19-12-5-4-6-13-19/h8-11H,2-7,12-13H2,1H3,(H,18,20). The molecule has 2 amide bonds. The van der Waals surface area contributed by atoms with Gasteiger partial charge in [-0.05, 0) is 49.8 Å². The molecule has 4 heteroatoms. The second-order valence-corrected chi connectivity index (χ2v) is 5.61. The Bertz CT molecular complexity index is 476. The van der Waals surface area contributed by atoms with Crippen molar-refractivity contribution in [3.8, 4) is 0 Å². The SMILES string of the molecule is CCCCc1ccc(NC(=O)C(=O)N2CCCCC2)cc1. The van der Waals surface area contributed by atoms with Crippen molar-refractivity contribution >= 4 is 17.5 Å². The maximum atomic E-state index is 12.0. The predicted molar refractivity (Wildman–Crippen MR) is 84.1 cm³/mol. The van der Waals surface area contributed by atoms with E-state index < -0.39 is 11.8 Å². The van der Waals surface area contributed by atoms with E-state index in [2.05, 4.69) is 12.2 Å². The van der Waals surface area contributed by atoms with Gasteiger partial charge in [-0.1, -0.05) is 25.5 Å². The molecule has 0 spiro atoms. The minimum atomic E-state index is -0.529. The summed E-state index contributed by atoms with van der Waals surface area (Å²) in [5, 5.41) is 2.69. The van der Waals surface area contributed by atoms with Gasteiger partial charge >= 0.3 is 11.8 Å². The molecule has 4 nitrogen and oxygen atoms in total. The molecule has 0 atom stereocenters. The van der Waals surface area contributed by atoms with Crippen molar-refractivity contribution in [1.82, 2.24) is 4.90 Å². The van der Waals surface area contributed by atoms with Crippen LogP contribution in [0, 0.1) is 0 Å². The molecule has 0 aromatic heterocycles. The minimum absolute atomic E-state index is 0.412. The van der Waals surface area contributed by atoms with Crippen molar-refractivity contribution in [3.05, 3.63) is 29.8 Å². The van der Waals surface area contributed by atoms with Crippen LogP contribution in [0.3, 0.4) is 0 Å².